The zero-order valence-electron chi connectivity index (χ0n) is 20.4. The number of carbonyl (C=O) groups is 3. The molecule has 0 unspecified atom stereocenters. The van der Waals surface area contributed by atoms with Crippen molar-refractivity contribution < 1.29 is 14.4 Å². The highest BCUT2D eigenvalue weighted by Gasteiger charge is 2.35. The zero-order chi connectivity index (χ0) is 24.8. The molecule has 2 aliphatic rings. The Morgan fingerprint density at radius 2 is 1.79 bits per heavy atom. The molecule has 2 aliphatic heterocycles. The van der Waals surface area contributed by atoms with Gasteiger partial charge in [-0.25, -0.2) is 9.69 Å². The SMILES string of the molecule is CC1=CC(C)(C)N(C)c2cc(C)c(/C=C3/NC(=O)N(CC(=O)Nc4ccccc4C)C3=O)cc21. The number of nitrogens with one attached hydrogen (secondary N) is 2. The second kappa shape index (κ2) is 8.48. The Labute approximate surface area is 200 Å². The average Bonchev–Trinajstić information content (AvgIpc) is 3.02. The molecule has 4 amide bonds. The van der Waals surface area contributed by atoms with Crippen LogP contribution in [0, 0.1) is 13.8 Å². The highest BCUT2D eigenvalue weighted by atomic mass is 16.2. The van der Waals surface area contributed by atoms with Crippen LogP contribution in [0.5, 0.6) is 0 Å². The summed E-state index contributed by atoms with van der Waals surface area (Å²) in [4.78, 5) is 41.1. The van der Waals surface area contributed by atoms with Crippen molar-refractivity contribution in [3.63, 3.8) is 0 Å². The van der Waals surface area contributed by atoms with Crippen molar-refractivity contribution in [3.05, 3.63) is 70.4 Å². The molecule has 4 rings (SSSR count). The van der Waals surface area contributed by atoms with Crippen molar-refractivity contribution in [1.29, 1.82) is 0 Å². The van der Waals surface area contributed by atoms with Crippen LogP contribution in [0.3, 0.4) is 0 Å². The van der Waals surface area contributed by atoms with E-state index in [0.717, 1.165) is 38.4 Å². The minimum atomic E-state index is -0.607. The lowest BCUT2D eigenvalue weighted by Gasteiger charge is -2.41. The molecule has 0 spiro atoms. The fraction of sp³-hybridized carbons (Fsp3) is 0.296. The number of amides is 4. The minimum absolute atomic E-state index is 0.0989. The molecule has 2 aromatic carbocycles. The molecule has 0 aliphatic carbocycles. The third-order valence-corrected chi connectivity index (χ3v) is 6.59. The summed E-state index contributed by atoms with van der Waals surface area (Å²) in [5, 5.41) is 5.38. The second-order valence-electron chi connectivity index (χ2n) is 9.51. The molecule has 7 heteroatoms. The van der Waals surface area contributed by atoms with Gasteiger partial charge in [-0.15, -0.1) is 0 Å². The second-order valence-corrected chi connectivity index (χ2v) is 9.51. The fourth-order valence-electron chi connectivity index (χ4n) is 4.39. The Kier molecular flexibility index (Phi) is 5.81. The van der Waals surface area contributed by atoms with Crippen LogP contribution in [-0.2, 0) is 9.59 Å². The van der Waals surface area contributed by atoms with Crippen LogP contribution in [0.4, 0.5) is 16.2 Å². The van der Waals surface area contributed by atoms with Gasteiger partial charge in [0, 0.05) is 24.0 Å². The number of hydrogen-bond acceptors (Lipinski definition) is 4. The fourth-order valence-corrected chi connectivity index (χ4v) is 4.39. The number of para-hydroxylation sites is 1. The first-order chi connectivity index (χ1) is 16.0. The molecule has 1 saturated heterocycles. The number of allylic oxidation sites excluding steroid dienone is 1. The largest absolute Gasteiger partial charge is 0.365 e. The molecule has 0 radical (unpaired) electrons. The first-order valence-electron chi connectivity index (χ1n) is 11.3. The number of hydrogen-bond donors (Lipinski definition) is 2. The first kappa shape index (κ1) is 23.3. The molecule has 0 saturated carbocycles. The topological polar surface area (TPSA) is 81.8 Å². The predicted octanol–water partition coefficient (Wildman–Crippen LogP) is 4.47. The monoisotopic (exact) mass is 458 g/mol. The summed E-state index contributed by atoms with van der Waals surface area (Å²) < 4.78 is 0. The smallest absolute Gasteiger partial charge is 0.329 e. The minimum Gasteiger partial charge on any atom is -0.365 e. The quantitative estimate of drug-likeness (QED) is 0.523. The molecular weight excluding hydrogens is 428 g/mol. The van der Waals surface area contributed by atoms with Crippen LogP contribution in [0.15, 0.2) is 48.2 Å². The molecule has 0 bridgehead atoms. The van der Waals surface area contributed by atoms with E-state index in [-0.39, 0.29) is 17.8 Å². The van der Waals surface area contributed by atoms with Crippen molar-refractivity contribution >= 4 is 40.9 Å². The normalized spacial score (nSPS) is 18.1. The summed E-state index contributed by atoms with van der Waals surface area (Å²) in [5.74, 6) is -0.956. The molecule has 176 valence electrons. The Bertz CT molecular complexity index is 1270. The van der Waals surface area contributed by atoms with E-state index in [9.17, 15) is 14.4 Å². The lowest BCUT2D eigenvalue weighted by molar-refractivity contribution is -0.127. The van der Waals surface area contributed by atoms with E-state index in [1.165, 1.54) is 0 Å². The molecule has 2 heterocycles. The lowest BCUT2D eigenvalue weighted by Crippen LogP contribution is -2.42. The number of benzene rings is 2. The van der Waals surface area contributed by atoms with Crippen LogP contribution < -0.4 is 15.5 Å². The van der Waals surface area contributed by atoms with Crippen LogP contribution in [0.25, 0.3) is 11.6 Å². The molecule has 0 atom stereocenters. The summed E-state index contributed by atoms with van der Waals surface area (Å²) in [6, 6.07) is 10.9. The van der Waals surface area contributed by atoms with Gasteiger partial charge in [-0.2, -0.15) is 0 Å². The standard InChI is InChI=1S/C27H30N4O3/c1-16-9-7-8-10-21(16)28-24(32)15-31-25(33)22(29-26(31)34)13-19-12-20-18(3)14-27(4,5)30(6)23(20)11-17(19)2/h7-14H,15H2,1-6H3,(H,28,32)(H,29,34)/b22-13+. The third-order valence-electron chi connectivity index (χ3n) is 6.59. The number of imide groups is 1. The summed E-state index contributed by atoms with van der Waals surface area (Å²) in [6.45, 7) is 9.91. The average molecular weight is 459 g/mol. The predicted molar refractivity (Wildman–Crippen MR) is 135 cm³/mol. The molecule has 2 aromatic rings. The molecule has 7 nitrogen and oxygen atoms in total. The Morgan fingerprint density at radius 1 is 1.09 bits per heavy atom. The maximum Gasteiger partial charge on any atom is 0.329 e. The van der Waals surface area contributed by atoms with Crippen molar-refractivity contribution in [3.8, 4) is 0 Å². The number of urea groups is 1. The van der Waals surface area contributed by atoms with Crippen LogP contribution in [0.1, 0.15) is 43.0 Å². The number of anilines is 2. The van der Waals surface area contributed by atoms with Gasteiger partial charge in [-0.05, 0) is 81.2 Å². The number of aryl methyl sites for hydroxylation is 2. The lowest BCUT2D eigenvalue weighted by atomic mass is 9.87. The summed E-state index contributed by atoms with van der Waals surface area (Å²) in [7, 11) is 2.07. The van der Waals surface area contributed by atoms with E-state index in [1.807, 2.05) is 38.1 Å². The highest BCUT2D eigenvalue weighted by molar-refractivity contribution is 6.16. The summed E-state index contributed by atoms with van der Waals surface area (Å²) in [5.41, 5.74) is 6.81. The highest BCUT2D eigenvalue weighted by Crippen LogP contribution is 2.39. The van der Waals surface area contributed by atoms with Gasteiger partial charge < -0.3 is 15.5 Å². The van der Waals surface area contributed by atoms with E-state index in [1.54, 1.807) is 12.1 Å². The van der Waals surface area contributed by atoms with E-state index in [0.29, 0.717) is 5.69 Å². The number of carbonyl (C=O) groups excluding carboxylic acids is 3. The van der Waals surface area contributed by atoms with Crippen molar-refractivity contribution in [2.75, 3.05) is 23.8 Å². The molecule has 0 aromatic heterocycles. The zero-order valence-corrected chi connectivity index (χ0v) is 20.4. The van der Waals surface area contributed by atoms with Gasteiger partial charge in [0.1, 0.15) is 12.2 Å². The van der Waals surface area contributed by atoms with Crippen molar-refractivity contribution in [2.24, 2.45) is 0 Å². The van der Waals surface area contributed by atoms with Crippen LogP contribution >= 0.6 is 0 Å². The van der Waals surface area contributed by atoms with E-state index in [4.69, 9.17) is 0 Å². The van der Waals surface area contributed by atoms with Gasteiger partial charge >= 0.3 is 6.03 Å². The Morgan fingerprint density at radius 3 is 2.50 bits per heavy atom. The summed E-state index contributed by atoms with van der Waals surface area (Å²) >= 11 is 0. The van der Waals surface area contributed by atoms with Gasteiger partial charge in [0.2, 0.25) is 5.91 Å². The van der Waals surface area contributed by atoms with E-state index >= 15 is 0 Å². The number of rotatable bonds is 4. The number of fused-ring (bicyclic) bond motifs is 1. The van der Waals surface area contributed by atoms with Gasteiger partial charge in [-0.3, -0.25) is 9.59 Å². The molecular formula is C27H30N4O3. The maximum absolute atomic E-state index is 13.0. The van der Waals surface area contributed by atoms with Gasteiger partial charge in [0.05, 0.1) is 5.54 Å². The molecule has 34 heavy (non-hydrogen) atoms. The van der Waals surface area contributed by atoms with Crippen LogP contribution in [-0.4, -0.2) is 41.9 Å². The van der Waals surface area contributed by atoms with E-state index < -0.39 is 17.8 Å². The first-order valence-corrected chi connectivity index (χ1v) is 11.3. The number of nitrogens with zero attached hydrogens (tertiary/aromatic N) is 2. The van der Waals surface area contributed by atoms with Crippen molar-refractivity contribution in [1.82, 2.24) is 10.2 Å². The van der Waals surface area contributed by atoms with E-state index in [2.05, 4.69) is 55.5 Å². The van der Waals surface area contributed by atoms with Gasteiger partial charge in [0.25, 0.3) is 5.91 Å². The Balaban J connectivity index is 1.56. The molecule has 2 N–H and O–H groups in total. The maximum atomic E-state index is 13.0. The van der Waals surface area contributed by atoms with Crippen molar-refractivity contribution in [2.45, 2.75) is 40.2 Å². The summed E-state index contributed by atoms with van der Waals surface area (Å²) in [6.07, 6.45) is 3.90. The Hall–Kier alpha value is -3.87. The number of likely N-dealkylation sites (N-methyl/N-ethyl adjacent to an activating group) is 1. The third kappa shape index (κ3) is 4.21. The van der Waals surface area contributed by atoms with Gasteiger partial charge in [0.15, 0.2) is 0 Å². The molecule has 1 fully saturated rings. The van der Waals surface area contributed by atoms with Gasteiger partial charge in [-0.1, -0.05) is 24.3 Å². The van der Waals surface area contributed by atoms with Crippen LogP contribution in [0.2, 0.25) is 0 Å².